The van der Waals surface area contributed by atoms with E-state index in [4.69, 9.17) is 15.6 Å². The van der Waals surface area contributed by atoms with Crippen molar-refractivity contribution in [3.63, 3.8) is 0 Å². The van der Waals surface area contributed by atoms with Crippen molar-refractivity contribution in [3.8, 4) is 0 Å². The predicted molar refractivity (Wildman–Crippen MR) is 30.0 cm³/mol. The first-order valence-corrected chi connectivity index (χ1v) is 2.80. The topological polar surface area (TPSA) is 75.8 Å². The number of aliphatic carboxylic acids is 1. The molecule has 4 heteroatoms. The van der Waals surface area contributed by atoms with Gasteiger partial charge < -0.3 is 15.6 Å². The van der Waals surface area contributed by atoms with Gasteiger partial charge in [0.1, 0.15) is 6.04 Å². The molecule has 0 amide bonds. The summed E-state index contributed by atoms with van der Waals surface area (Å²) in [4.78, 5) is 10.1. The van der Waals surface area contributed by atoms with Gasteiger partial charge in [0.05, 0.1) is 12.7 Å². The van der Waals surface area contributed by atoms with Gasteiger partial charge in [-0.3, -0.25) is 4.79 Å². The van der Waals surface area contributed by atoms with Crippen LogP contribution in [0.5, 0.6) is 0 Å². The first kappa shape index (κ1) is 6.51. The van der Waals surface area contributed by atoms with Crippen LogP contribution in [-0.2, 0) is 9.53 Å². The van der Waals surface area contributed by atoms with Gasteiger partial charge >= 0.3 is 5.97 Å². The minimum Gasteiger partial charge on any atom is -0.480 e. The molecule has 3 N–H and O–H groups in total. The van der Waals surface area contributed by atoms with Gasteiger partial charge in [0.2, 0.25) is 0 Å². The van der Waals surface area contributed by atoms with Gasteiger partial charge in [-0.15, -0.1) is 0 Å². The van der Waals surface area contributed by atoms with Gasteiger partial charge in [-0.25, -0.2) is 0 Å². The Morgan fingerprint density at radius 1 is 2.00 bits per heavy atom. The second kappa shape index (κ2) is 2.33. The number of rotatable bonds is 3. The summed E-state index contributed by atoms with van der Waals surface area (Å²) < 4.78 is 4.79. The highest BCUT2D eigenvalue weighted by Gasteiger charge is 2.27. The highest BCUT2D eigenvalue weighted by atomic mass is 16.6. The lowest BCUT2D eigenvalue weighted by atomic mass is 10.2. The van der Waals surface area contributed by atoms with Crippen molar-refractivity contribution in [2.75, 3.05) is 6.61 Å². The van der Waals surface area contributed by atoms with E-state index in [1.54, 1.807) is 0 Å². The summed E-state index contributed by atoms with van der Waals surface area (Å²) in [5.74, 6) is -0.953. The maximum Gasteiger partial charge on any atom is 0.320 e. The predicted octanol–water partition coefficient (Wildman–Crippen LogP) is -0.813. The molecule has 52 valence electrons. The largest absolute Gasteiger partial charge is 0.480 e. The van der Waals surface area contributed by atoms with Gasteiger partial charge in [-0.1, -0.05) is 0 Å². The fourth-order valence-corrected chi connectivity index (χ4v) is 0.588. The monoisotopic (exact) mass is 131 g/mol. The third-order valence-electron chi connectivity index (χ3n) is 1.24. The lowest BCUT2D eigenvalue weighted by molar-refractivity contribution is -0.138. The molecule has 0 aliphatic carbocycles. The van der Waals surface area contributed by atoms with Crippen LogP contribution in [0.15, 0.2) is 0 Å². The number of epoxide rings is 1. The van der Waals surface area contributed by atoms with E-state index in [0.29, 0.717) is 13.0 Å². The van der Waals surface area contributed by atoms with Crippen LogP contribution in [0.4, 0.5) is 0 Å². The van der Waals surface area contributed by atoms with E-state index in [1.165, 1.54) is 0 Å². The Morgan fingerprint density at radius 3 is 2.89 bits per heavy atom. The molecule has 0 unspecified atom stereocenters. The average molecular weight is 131 g/mol. The quantitative estimate of drug-likeness (QED) is 0.491. The normalized spacial score (nSPS) is 27.4. The van der Waals surface area contributed by atoms with Gasteiger partial charge in [0.15, 0.2) is 0 Å². The van der Waals surface area contributed by atoms with Crippen LogP contribution in [0.2, 0.25) is 0 Å². The van der Waals surface area contributed by atoms with Crippen molar-refractivity contribution in [2.24, 2.45) is 5.73 Å². The molecule has 1 saturated heterocycles. The van der Waals surface area contributed by atoms with Crippen molar-refractivity contribution in [1.29, 1.82) is 0 Å². The molecule has 1 aliphatic heterocycles. The van der Waals surface area contributed by atoms with Crippen LogP contribution in [0, 0.1) is 0 Å². The fraction of sp³-hybridized carbons (Fsp3) is 0.800. The van der Waals surface area contributed by atoms with Crippen molar-refractivity contribution in [3.05, 3.63) is 0 Å². The minimum absolute atomic E-state index is 0.107. The summed E-state index contributed by atoms with van der Waals surface area (Å²) in [6.07, 6.45) is 0.547. The van der Waals surface area contributed by atoms with Crippen LogP contribution in [0.3, 0.4) is 0 Å². The van der Waals surface area contributed by atoms with Crippen LogP contribution < -0.4 is 5.73 Å². The third kappa shape index (κ3) is 1.99. The van der Waals surface area contributed by atoms with Gasteiger partial charge in [0, 0.05) is 6.42 Å². The van der Waals surface area contributed by atoms with E-state index in [9.17, 15) is 4.79 Å². The lowest BCUT2D eigenvalue weighted by Crippen LogP contribution is -2.31. The maximum absolute atomic E-state index is 10.1. The Balaban J connectivity index is 2.16. The molecule has 0 radical (unpaired) electrons. The van der Waals surface area contributed by atoms with E-state index in [2.05, 4.69) is 0 Å². The first-order valence-electron chi connectivity index (χ1n) is 2.80. The first-order chi connectivity index (χ1) is 4.20. The zero-order valence-corrected chi connectivity index (χ0v) is 4.91. The zero-order valence-electron chi connectivity index (χ0n) is 4.91. The second-order valence-electron chi connectivity index (χ2n) is 2.14. The molecule has 4 nitrogen and oxygen atoms in total. The summed E-state index contributed by atoms with van der Waals surface area (Å²) in [5, 5.41) is 8.28. The SMILES string of the molecule is N[C@@H](C[C@@H]1CO1)C(=O)O. The van der Waals surface area contributed by atoms with Gasteiger partial charge in [-0.2, -0.15) is 0 Å². The van der Waals surface area contributed by atoms with Gasteiger partial charge in [0.25, 0.3) is 0 Å². The molecule has 1 rings (SSSR count). The zero-order chi connectivity index (χ0) is 6.85. The summed E-state index contributed by atoms with van der Waals surface area (Å²) in [7, 11) is 0. The van der Waals surface area contributed by atoms with Crippen molar-refractivity contribution < 1.29 is 14.6 Å². The van der Waals surface area contributed by atoms with Crippen LogP contribution >= 0.6 is 0 Å². The van der Waals surface area contributed by atoms with E-state index in [-0.39, 0.29) is 6.10 Å². The standard InChI is InChI=1S/C5H9NO3/c6-4(5(7)8)1-3-2-9-3/h3-4H,1-2,6H2,(H,7,8)/t3-,4+/m1/s1. The lowest BCUT2D eigenvalue weighted by Gasteiger charge is -2.00. The molecule has 2 atom stereocenters. The Labute approximate surface area is 52.6 Å². The molecule has 0 aromatic carbocycles. The number of carboxylic acid groups (broad SMARTS) is 1. The fourth-order valence-electron chi connectivity index (χ4n) is 0.588. The Bertz CT molecular complexity index is 121. The average Bonchev–Trinajstić information content (AvgIpc) is 2.50. The second-order valence-corrected chi connectivity index (χ2v) is 2.14. The summed E-state index contributed by atoms with van der Waals surface area (Å²) in [5.41, 5.74) is 5.18. The van der Waals surface area contributed by atoms with Crippen LogP contribution in [0.1, 0.15) is 6.42 Å². The number of ether oxygens (including phenoxy) is 1. The van der Waals surface area contributed by atoms with Crippen LogP contribution in [0.25, 0.3) is 0 Å². The van der Waals surface area contributed by atoms with E-state index >= 15 is 0 Å². The number of carbonyl (C=O) groups is 1. The molecule has 0 aromatic heterocycles. The van der Waals surface area contributed by atoms with E-state index in [0.717, 1.165) is 0 Å². The number of carboxylic acids is 1. The Morgan fingerprint density at radius 2 is 2.56 bits per heavy atom. The molecule has 0 saturated carbocycles. The van der Waals surface area contributed by atoms with Crippen LogP contribution in [-0.4, -0.2) is 29.8 Å². The molecular weight excluding hydrogens is 122 g/mol. The summed E-state index contributed by atoms with van der Waals surface area (Å²) in [6, 6.07) is -0.752. The summed E-state index contributed by atoms with van der Waals surface area (Å²) in [6.45, 7) is 0.668. The highest BCUT2D eigenvalue weighted by Crippen LogP contribution is 2.14. The smallest absolute Gasteiger partial charge is 0.320 e. The number of nitrogens with two attached hydrogens (primary N) is 1. The number of hydrogen-bond donors (Lipinski definition) is 2. The molecule has 1 fully saturated rings. The molecule has 9 heavy (non-hydrogen) atoms. The molecule has 0 aromatic rings. The van der Waals surface area contributed by atoms with E-state index < -0.39 is 12.0 Å². The van der Waals surface area contributed by atoms with Crippen molar-refractivity contribution in [1.82, 2.24) is 0 Å². The minimum atomic E-state index is -0.953. The molecular formula is C5H9NO3. The highest BCUT2D eigenvalue weighted by molar-refractivity contribution is 5.73. The third-order valence-corrected chi connectivity index (χ3v) is 1.24. The molecule has 1 heterocycles. The molecule has 1 aliphatic rings. The molecule has 0 spiro atoms. The van der Waals surface area contributed by atoms with E-state index in [1.807, 2.05) is 0 Å². The Hall–Kier alpha value is -0.610. The number of hydrogen-bond acceptors (Lipinski definition) is 3. The Kier molecular flexibility index (Phi) is 1.68. The van der Waals surface area contributed by atoms with Crippen molar-refractivity contribution >= 4 is 5.97 Å². The van der Waals surface area contributed by atoms with Gasteiger partial charge in [-0.05, 0) is 0 Å². The van der Waals surface area contributed by atoms with Crippen molar-refractivity contribution in [2.45, 2.75) is 18.6 Å². The maximum atomic E-state index is 10.1. The molecule has 0 bridgehead atoms. The summed E-state index contributed by atoms with van der Waals surface area (Å²) >= 11 is 0.